The Hall–Kier alpha value is -2.78. The molecule has 1 unspecified atom stereocenters. The average molecular weight is 391 g/mol. The number of nitro benzene ring substituents is 1. The van der Waals surface area contributed by atoms with Gasteiger partial charge >= 0.3 is 0 Å². The molecule has 27 heavy (non-hydrogen) atoms. The zero-order valence-corrected chi connectivity index (χ0v) is 15.8. The largest absolute Gasteiger partial charge is 0.326 e. The number of benzene rings is 2. The zero-order chi connectivity index (χ0) is 20.0. The number of hydrogen-bond donors (Lipinski definition) is 2. The van der Waals surface area contributed by atoms with Gasteiger partial charge in [0.1, 0.15) is 0 Å². The molecule has 0 saturated heterocycles. The standard InChI is InChI=1S/C18H21N3O5S/c1-3-13(2)20-27(25,26)16-10-8-15(9-11-16)19-18(22)12-14-6-4-5-7-17(14)21(23)24/h4-11,13,20H,3,12H2,1-2H3,(H,19,22). The Morgan fingerprint density at radius 3 is 2.37 bits per heavy atom. The smallest absolute Gasteiger partial charge is 0.273 e. The van der Waals surface area contributed by atoms with Gasteiger partial charge in [-0.1, -0.05) is 25.1 Å². The van der Waals surface area contributed by atoms with Crippen LogP contribution in [-0.2, 0) is 21.2 Å². The van der Waals surface area contributed by atoms with Crippen molar-refractivity contribution < 1.29 is 18.1 Å². The van der Waals surface area contributed by atoms with Gasteiger partial charge < -0.3 is 5.32 Å². The van der Waals surface area contributed by atoms with Crippen molar-refractivity contribution >= 4 is 27.3 Å². The van der Waals surface area contributed by atoms with Crippen LogP contribution >= 0.6 is 0 Å². The summed E-state index contributed by atoms with van der Waals surface area (Å²) in [6.45, 7) is 3.65. The number of hydrogen-bond acceptors (Lipinski definition) is 5. The minimum atomic E-state index is -3.62. The third-order valence-electron chi connectivity index (χ3n) is 3.96. The molecule has 2 aromatic rings. The Balaban J connectivity index is 2.06. The lowest BCUT2D eigenvalue weighted by atomic mass is 10.1. The summed E-state index contributed by atoms with van der Waals surface area (Å²) < 4.78 is 27.0. The van der Waals surface area contributed by atoms with Gasteiger partial charge in [-0.25, -0.2) is 13.1 Å². The fourth-order valence-corrected chi connectivity index (χ4v) is 3.68. The van der Waals surface area contributed by atoms with Crippen LogP contribution in [0.5, 0.6) is 0 Å². The van der Waals surface area contributed by atoms with Crippen molar-refractivity contribution in [3.8, 4) is 0 Å². The van der Waals surface area contributed by atoms with E-state index in [1.54, 1.807) is 13.0 Å². The Morgan fingerprint density at radius 1 is 1.15 bits per heavy atom. The van der Waals surface area contributed by atoms with Crippen molar-refractivity contribution in [2.75, 3.05) is 5.32 Å². The molecular weight excluding hydrogens is 370 g/mol. The molecule has 1 amide bonds. The van der Waals surface area contributed by atoms with Crippen molar-refractivity contribution in [1.29, 1.82) is 0 Å². The van der Waals surface area contributed by atoms with Gasteiger partial charge in [0.05, 0.1) is 16.2 Å². The number of nitrogens with one attached hydrogen (secondary N) is 2. The van der Waals surface area contributed by atoms with Crippen LogP contribution in [0.2, 0.25) is 0 Å². The van der Waals surface area contributed by atoms with Gasteiger partial charge in [-0.05, 0) is 37.6 Å². The van der Waals surface area contributed by atoms with Crippen LogP contribution < -0.4 is 10.0 Å². The highest BCUT2D eigenvalue weighted by Crippen LogP contribution is 2.19. The van der Waals surface area contributed by atoms with Gasteiger partial charge in [-0.2, -0.15) is 0 Å². The van der Waals surface area contributed by atoms with Gasteiger partial charge in [-0.3, -0.25) is 14.9 Å². The van der Waals surface area contributed by atoms with E-state index in [1.807, 2.05) is 6.92 Å². The lowest BCUT2D eigenvalue weighted by Gasteiger charge is -2.12. The van der Waals surface area contributed by atoms with E-state index in [0.29, 0.717) is 17.7 Å². The van der Waals surface area contributed by atoms with Crippen LogP contribution in [0.3, 0.4) is 0 Å². The summed E-state index contributed by atoms with van der Waals surface area (Å²) in [6.07, 6.45) is 0.506. The van der Waals surface area contributed by atoms with Gasteiger partial charge in [0.2, 0.25) is 15.9 Å². The van der Waals surface area contributed by atoms with Crippen molar-refractivity contribution in [2.45, 2.75) is 37.6 Å². The summed E-state index contributed by atoms with van der Waals surface area (Å²) in [5.41, 5.74) is 0.586. The van der Waals surface area contributed by atoms with Crippen molar-refractivity contribution in [3.05, 3.63) is 64.2 Å². The van der Waals surface area contributed by atoms with Crippen molar-refractivity contribution in [1.82, 2.24) is 4.72 Å². The fraction of sp³-hybridized carbons (Fsp3) is 0.278. The number of rotatable bonds is 8. The SMILES string of the molecule is CCC(C)NS(=O)(=O)c1ccc(NC(=O)Cc2ccccc2[N+](=O)[O-])cc1. The lowest BCUT2D eigenvalue weighted by Crippen LogP contribution is -2.31. The van der Waals surface area contributed by atoms with Crippen molar-refractivity contribution in [2.24, 2.45) is 0 Å². The second-order valence-electron chi connectivity index (χ2n) is 6.07. The second-order valence-corrected chi connectivity index (χ2v) is 7.78. The third kappa shape index (κ3) is 5.60. The van der Waals surface area contributed by atoms with Crippen LogP contribution in [-0.4, -0.2) is 25.3 Å². The molecule has 144 valence electrons. The Labute approximate surface area is 157 Å². The minimum absolute atomic E-state index is 0.0968. The van der Waals surface area contributed by atoms with Gasteiger partial charge in [0.15, 0.2) is 0 Å². The van der Waals surface area contributed by atoms with E-state index < -0.39 is 20.9 Å². The molecule has 2 aromatic carbocycles. The number of carbonyl (C=O) groups is 1. The number of para-hydroxylation sites is 1. The molecule has 0 radical (unpaired) electrons. The highest BCUT2D eigenvalue weighted by molar-refractivity contribution is 7.89. The van der Waals surface area contributed by atoms with Crippen LogP contribution in [0, 0.1) is 10.1 Å². The zero-order valence-electron chi connectivity index (χ0n) is 15.0. The summed E-state index contributed by atoms with van der Waals surface area (Å²) in [5.74, 6) is -0.433. The minimum Gasteiger partial charge on any atom is -0.326 e. The monoisotopic (exact) mass is 391 g/mol. The van der Waals surface area contributed by atoms with E-state index in [0.717, 1.165) is 0 Å². The summed E-state index contributed by atoms with van der Waals surface area (Å²) in [7, 11) is -3.62. The Kier molecular flexibility index (Phi) is 6.65. The van der Waals surface area contributed by atoms with Gasteiger partial charge in [0.25, 0.3) is 5.69 Å². The first kappa shape index (κ1) is 20.5. The second kappa shape index (κ2) is 8.74. The predicted octanol–water partition coefficient (Wildman–Crippen LogP) is 2.85. The molecule has 0 aliphatic heterocycles. The fourth-order valence-electron chi connectivity index (χ4n) is 2.35. The molecule has 0 heterocycles. The molecule has 0 aromatic heterocycles. The molecule has 8 nitrogen and oxygen atoms in total. The maximum atomic E-state index is 12.2. The highest BCUT2D eigenvalue weighted by atomic mass is 32.2. The van der Waals surface area contributed by atoms with Gasteiger partial charge in [0, 0.05) is 23.4 Å². The quantitative estimate of drug-likeness (QED) is 0.530. The highest BCUT2D eigenvalue weighted by Gasteiger charge is 2.18. The lowest BCUT2D eigenvalue weighted by molar-refractivity contribution is -0.385. The first-order valence-electron chi connectivity index (χ1n) is 8.37. The van der Waals surface area contributed by atoms with Crippen molar-refractivity contribution in [3.63, 3.8) is 0 Å². The molecule has 0 fully saturated rings. The third-order valence-corrected chi connectivity index (χ3v) is 5.56. The van der Waals surface area contributed by atoms with E-state index in [2.05, 4.69) is 10.0 Å². The topological polar surface area (TPSA) is 118 Å². The van der Waals surface area contributed by atoms with E-state index in [1.165, 1.54) is 42.5 Å². The summed E-state index contributed by atoms with van der Waals surface area (Å²) in [5, 5.41) is 13.6. The Bertz CT molecular complexity index is 926. The summed E-state index contributed by atoms with van der Waals surface area (Å²) in [6, 6.07) is 11.6. The van der Waals surface area contributed by atoms with Gasteiger partial charge in [-0.15, -0.1) is 0 Å². The molecule has 9 heteroatoms. The van der Waals surface area contributed by atoms with E-state index in [9.17, 15) is 23.3 Å². The number of carbonyl (C=O) groups excluding carboxylic acids is 1. The molecule has 1 atom stereocenters. The van der Waals surface area contributed by atoms with Crippen LogP contribution in [0.25, 0.3) is 0 Å². The average Bonchev–Trinajstić information content (AvgIpc) is 2.62. The molecule has 0 spiro atoms. The molecule has 0 saturated carbocycles. The normalized spacial score (nSPS) is 12.4. The molecular formula is C18H21N3O5S. The molecule has 0 aliphatic rings. The number of sulfonamides is 1. The Morgan fingerprint density at radius 2 is 1.78 bits per heavy atom. The van der Waals surface area contributed by atoms with E-state index >= 15 is 0 Å². The number of anilines is 1. The number of amides is 1. The number of nitro groups is 1. The van der Waals surface area contributed by atoms with Crippen LogP contribution in [0.4, 0.5) is 11.4 Å². The maximum absolute atomic E-state index is 12.2. The number of nitrogens with zero attached hydrogens (tertiary/aromatic N) is 1. The first-order valence-corrected chi connectivity index (χ1v) is 9.85. The predicted molar refractivity (Wildman–Crippen MR) is 102 cm³/mol. The summed E-state index contributed by atoms with van der Waals surface area (Å²) >= 11 is 0. The molecule has 2 rings (SSSR count). The van der Waals surface area contributed by atoms with E-state index in [4.69, 9.17) is 0 Å². The van der Waals surface area contributed by atoms with Crippen LogP contribution in [0.1, 0.15) is 25.8 Å². The van der Waals surface area contributed by atoms with Crippen LogP contribution in [0.15, 0.2) is 53.4 Å². The summed E-state index contributed by atoms with van der Waals surface area (Å²) in [4.78, 5) is 22.7. The molecule has 2 N–H and O–H groups in total. The first-order chi connectivity index (χ1) is 12.7. The molecule has 0 aliphatic carbocycles. The maximum Gasteiger partial charge on any atom is 0.273 e. The molecule has 0 bridgehead atoms. The van der Waals surface area contributed by atoms with E-state index in [-0.39, 0.29) is 23.0 Å².